The number of nitrogens with one attached hydrogen (secondary N) is 1. The third-order valence-corrected chi connectivity index (χ3v) is 3.51. The van der Waals surface area contributed by atoms with Crippen LogP contribution in [0, 0.1) is 16.0 Å². The van der Waals surface area contributed by atoms with Crippen LogP contribution in [0.4, 0.5) is 5.69 Å². The highest BCUT2D eigenvalue weighted by Crippen LogP contribution is 2.27. The maximum atomic E-state index is 10.6. The zero-order valence-corrected chi connectivity index (χ0v) is 11.6. The van der Waals surface area contributed by atoms with Gasteiger partial charge in [0.1, 0.15) is 0 Å². The standard InChI is InChI=1S/C14H17N5O2/c20-19(21)14-5-3-12(4-6-14)9-18-10-13(16-17-18)8-15-7-11-1-2-11/h3-6,10-11,15H,1-2,7-9H2. The third kappa shape index (κ3) is 3.85. The van der Waals surface area contributed by atoms with E-state index < -0.39 is 4.92 Å². The summed E-state index contributed by atoms with van der Waals surface area (Å²) < 4.78 is 1.75. The summed E-state index contributed by atoms with van der Waals surface area (Å²) in [6, 6.07) is 6.49. The molecule has 0 spiro atoms. The summed E-state index contributed by atoms with van der Waals surface area (Å²) in [5, 5.41) is 22.2. The van der Waals surface area contributed by atoms with E-state index in [1.807, 2.05) is 6.20 Å². The van der Waals surface area contributed by atoms with Gasteiger partial charge >= 0.3 is 0 Å². The summed E-state index contributed by atoms with van der Waals surface area (Å²) in [4.78, 5) is 10.2. The van der Waals surface area contributed by atoms with Gasteiger partial charge in [0.15, 0.2) is 0 Å². The highest BCUT2D eigenvalue weighted by Gasteiger charge is 2.20. The lowest BCUT2D eigenvalue weighted by molar-refractivity contribution is -0.384. The molecular weight excluding hydrogens is 270 g/mol. The van der Waals surface area contributed by atoms with Crippen LogP contribution in [0.3, 0.4) is 0 Å². The van der Waals surface area contributed by atoms with E-state index >= 15 is 0 Å². The van der Waals surface area contributed by atoms with Gasteiger partial charge in [-0.15, -0.1) is 5.10 Å². The summed E-state index contributed by atoms with van der Waals surface area (Å²) in [6.07, 6.45) is 4.57. The van der Waals surface area contributed by atoms with E-state index in [0.29, 0.717) is 6.54 Å². The molecule has 0 radical (unpaired) electrons. The van der Waals surface area contributed by atoms with Crippen LogP contribution in [0.15, 0.2) is 30.5 Å². The monoisotopic (exact) mass is 287 g/mol. The third-order valence-electron chi connectivity index (χ3n) is 3.51. The quantitative estimate of drug-likeness (QED) is 0.619. The SMILES string of the molecule is O=[N+]([O-])c1ccc(Cn2cc(CNCC3CC3)nn2)cc1. The van der Waals surface area contributed by atoms with Gasteiger partial charge in [0.05, 0.1) is 23.4 Å². The van der Waals surface area contributed by atoms with Gasteiger partial charge < -0.3 is 5.32 Å². The molecule has 1 aliphatic rings. The molecule has 2 aromatic rings. The fraction of sp³-hybridized carbons (Fsp3) is 0.429. The van der Waals surface area contributed by atoms with Crippen LogP contribution in [0.1, 0.15) is 24.1 Å². The number of non-ortho nitro benzene ring substituents is 1. The van der Waals surface area contributed by atoms with Gasteiger partial charge in [0, 0.05) is 18.7 Å². The Morgan fingerprint density at radius 1 is 1.33 bits per heavy atom. The summed E-state index contributed by atoms with van der Waals surface area (Å²) in [7, 11) is 0. The Morgan fingerprint density at radius 3 is 2.76 bits per heavy atom. The average Bonchev–Trinajstić information content (AvgIpc) is 3.19. The lowest BCUT2D eigenvalue weighted by Crippen LogP contribution is -2.16. The van der Waals surface area contributed by atoms with E-state index in [4.69, 9.17) is 0 Å². The average molecular weight is 287 g/mol. The molecule has 0 saturated heterocycles. The first-order valence-corrected chi connectivity index (χ1v) is 7.04. The van der Waals surface area contributed by atoms with Crippen molar-refractivity contribution in [1.29, 1.82) is 0 Å². The molecule has 0 unspecified atom stereocenters. The largest absolute Gasteiger partial charge is 0.311 e. The first-order valence-electron chi connectivity index (χ1n) is 7.04. The number of benzene rings is 1. The van der Waals surface area contributed by atoms with E-state index in [2.05, 4.69) is 15.6 Å². The van der Waals surface area contributed by atoms with Crippen molar-refractivity contribution in [3.05, 3.63) is 51.8 Å². The number of aromatic nitrogens is 3. The zero-order valence-electron chi connectivity index (χ0n) is 11.6. The Kier molecular flexibility index (Phi) is 3.92. The van der Waals surface area contributed by atoms with E-state index in [9.17, 15) is 10.1 Å². The van der Waals surface area contributed by atoms with Crippen LogP contribution in [-0.4, -0.2) is 26.5 Å². The van der Waals surface area contributed by atoms with Crippen LogP contribution in [-0.2, 0) is 13.1 Å². The summed E-state index contributed by atoms with van der Waals surface area (Å²) in [5.74, 6) is 0.847. The van der Waals surface area contributed by atoms with Crippen LogP contribution >= 0.6 is 0 Å². The first kappa shape index (κ1) is 13.7. The minimum Gasteiger partial charge on any atom is -0.311 e. The predicted octanol–water partition coefficient (Wildman–Crippen LogP) is 1.73. The molecule has 1 fully saturated rings. The van der Waals surface area contributed by atoms with Crippen LogP contribution < -0.4 is 5.32 Å². The summed E-state index contributed by atoms with van der Waals surface area (Å²) >= 11 is 0. The van der Waals surface area contributed by atoms with Crippen molar-refractivity contribution >= 4 is 5.69 Å². The van der Waals surface area contributed by atoms with Crippen molar-refractivity contribution in [3.8, 4) is 0 Å². The molecule has 0 bridgehead atoms. The molecule has 21 heavy (non-hydrogen) atoms. The van der Waals surface area contributed by atoms with Crippen molar-refractivity contribution in [3.63, 3.8) is 0 Å². The van der Waals surface area contributed by atoms with Crippen LogP contribution in [0.5, 0.6) is 0 Å². The second-order valence-corrected chi connectivity index (χ2v) is 5.41. The van der Waals surface area contributed by atoms with Gasteiger partial charge in [-0.25, -0.2) is 4.68 Å². The molecule has 110 valence electrons. The van der Waals surface area contributed by atoms with Gasteiger partial charge in [-0.1, -0.05) is 17.3 Å². The molecule has 7 nitrogen and oxygen atoms in total. The smallest absolute Gasteiger partial charge is 0.269 e. The van der Waals surface area contributed by atoms with Crippen molar-refractivity contribution in [1.82, 2.24) is 20.3 Å². The molecule has 0 aliphatic heterocycles. The molecule has 1 aromatic heterocycles. The number of hydrogen-bond donors (Lipinski definition) is 1. The molecule has 1 saturated carbocycles. The molecule has 3 rings (SSSR count). The lowest BCUT2D eigenvalue weighted by Gasteiger charge is -2.01. The molecule has 1 aliphatic carbocycles. The second kappa shape index (κ2) is 6.01. The molecule has 1 aromatic carbocycles. The fourth-order valence-corrected chi connectivity index (χ4v) is 2.13. The Balaban J connectivity index is 1.54. The Labute approximate surface area is 122 Å². The Hall–Kier alpha value is -2.28. The van der Waals surface area contributed by atoms with Gasteiger partial charge in [-0.3, -0.25) is 10.1 Å². The normalized spacial score (nSPS) is 14.3. The van der Waals surface area contributed by atoms with E-state index in [0.717, 1.165) is 30.3 Å². The van der Waals surface area contributed by atoms with E-state index in [1.165, 1.54) is 25.0 Å². The number of nitro benzene ring substituents is 1. The summed E-state index contributed by atoms with van der Waals surface area (Å²) in [5.41, 5.74) is 1.97. The molecule has 0 atom stereocenters. The molecule has 1 heterocycles. The number of hydrogen-bond acceptors (Lipinski definition) is 5. The number of nitrogens with zero attached hydrogens (tertiary/aromatic N) is 4. The molecule has 0 amide bonds. The van der Waals surface area contributed by atoms with Gasteiger partial charge in [-0.05, 0) is 30.9 Å². The molecule has 7 heteroatoms. The van der Waals surface area contributed by atoms with Crippen molar-refractivity contribution in [2.45, 2.75) is 25.9 Å². The van der Waals surface area contributed by atoms with Crippen molar-refractivity contribution in [2.75, 3.05) is 6.54 Å². The maximum absolute atomic E-state index is 10.6. The van der Waals surface area contributed by atoms with Crippen molar-refractivity contribution in [2.24, 2.45) is 5.92 Å². The number of rotatable bonds is 7. The van der Waals surface area contributed by atoms with E-state index in [-0.39, 0.29) is 5.69 Å². The van der Waals surface area contributed by atoms with Gasteiger partial charge in [0.25, 0.3) is 5.69 Å². The summed E-state index contributed by atoms with van der Waals surface area (Å²) in [6.45, 7) is 2.35. The topological polar surface area (TPSA) is 85.9 Å². The van der Waals surface area contributed by atoms with Crippen molar-refractivity contribution < 1.29 is 4.92 Å². The van der Waals surface area contributed by atoms with Crippen LogP contribution in [0.25, 0.3) is 0 Å². The zero-order chi connectivity index (χ0) is 14.7. The lowest BCUT2D eigenvalue weighted by atomic mass is 10.2. The first-order chi connectivity index (χ1) is 10.2. The maximum Gasteiger partial charge on any atom is 0.269 e. The second-order valence-electron chi connectivity index (χ2n) is 5.41. The highest BCUT2D eigenvalue weighted by molar-refractivity contribution is 5.32. The highest BCUT2D eigenvalue weighted by atomic mass is 16.6. The number of nitro groups is 1. The fourth-order valence-electron chi connectivity index (χ4n) is 2.13. The van der Waals surface area contributed by atoms with Crippen LogP contribution in [0.2, 0.25) is 0 Å². The minimum atomic E-state index is -0.400. The minimum absolute atomic E-state index is 0.0994. The molecule has 1 N–H and O–H groups in total. The predicted molar refractivity (Wildman–Crippen MR) is 76.7 cm³/mol. The van der Waals surface area contributed by atoms with Gasteiger partial charge in [-0.2, -0.15) is 0 Å². The van der Waals surface area contributed by atoms with E-state index in [1.54, 1.807) is 16.8 Å². The van der Waals surface area contributed by atoms with Gasteiger partial charge in [0.2, 0.25) is 0 Å². The Morgan fingerprint density at radius 2 is 2.10 bits per heavy atom. The Bertz CT molecular complexity index is 619. The molecular formula is C14H17N5O2.